The van der Waals surface area contributed by atoms with Gasteiger partial charge in [-0.2, -0.15) is 0 Å². The number of fused-ring (bicyclic) bond motifs is 1. The van der Waals surface area contributed by atoms with Crippen LogP contribution in [0.5, 0.6) is 5.75 Å². The van der Waals surface area contributed by atoms with E-state index in [0.29, 0.717) is 17.0 Å². The minimum Gasteiger partial charge on any atom is -0.482 e. The largest absolute Gasteiger partial charge is 0.482 e. The highest BCUT2D eigenvalue weighted by Gasteiger charge is 2.56. The Bertz CT molecular complexity index is 1130. The van der Waals surface area contributed by atoms with Crippen LogP contribution in [-0.2, 0) is 23.5 Å². The normalized spacial score (nSPS) is 21.2. The molecule has 2 heterocycles. The fourth-order valence-electron chi connectivity index (χ4n) is 4.43. The minimum absolute atomic E-state index is 0.0798. The van der Waals surface area contributed by atoms with Crippen LogP contribution in [0.15, 0.2) is 30.9 Å². The summed E-state index contributed by atoms with van der Waals surface area (Å²) in [5, 5.41) is 10.6. The van der Waals surface area contributed by atoms with E-state index in [1.165, 1.54) is 11.0 Å². The number of hydrogen-bond acceptors (Lipinski definition) is 8. The van der Waals surface area contributed by atoms with Gasteiger partial charge in [-0.3, -0.25) is 14.4 Å². The molecule has 1 N–H and O–H groups in total. The number of esters is 1. The summed E-state index contributed by atoms with van der Waals surface area (Å²) in [5.41, 5.74) is 0.779. The molecule has 2 aliphatic rings. The van der Waals surface area contributed by atoms with Crippen LogP contribution in [0.3, 0.4) is 0 Å². The molecule has 0 aromatic heterocycles. The highest BCUT2D eigenvalue weighted by Crippen LogP contribution is 2.42. The number of hydrogen-bond donors (Lipinski definition) is 1. The number of amides is 2. The third-order valence-electron chi connectivity index (χ3n) is 7.68. The second kappa shape index (κ2) is 11.0. The Labute approximate surface area is 224 Å². The molecule has 0 spiro atoms. The summed E-state index contributed by atoms with van der Waals surface area (Å²) >= 11 is 0. The van der Waals surface area contributed by atoms with Gasteiger partial charge in [0.25, 0.3) is 5.91 Å². The number of carbonyl (C=O) groups excluding carboxylic acids is 4. The maximum absolute atomic E-state index is 13.4. The molecule has 1 unspecified atom stereocenters. The zero-order valence-electron chi connectivity index (χ0n) is 23.1. The second-order valence-corrected chi connectivity index (χ2v) is 16.0. The molecule has 2 aliphatic heterocycles. The predicted octanol–water partition coefficient (Wildman–Crippen LogP) is 2.90. The number of benzene rings is 1. The van der Waals surface area contributed by atoms with Gasteiger partial charge in [0, 0.05) is 19.0 Å². The van der Waals surface area contributed by atoms with Crippen molar-refractivity contribution in [1.82, 2.24) is 4.90 Å². The molecule has 0 radical (unpaired) electrons. The van der Waals surface area contributed by atoms with E-state index in [1.807, 2.05) is 0 Å². The zero-order chi connectivity index (χ0) is 28.6. The van der Waals surface area contributed by atoms with Crippen molar-refractivity contribution in [3.05, 3.63) is 36.4 Å². The van der Waals surface area contributed by atoms with Crippen LogP contribution >= 0.6 is 0 Å². The molecular weight excluding hydrogens is 508 g/mol. The number of Topliss-reactive ketones (excluding diaryl/α,β-unsaturated/α-hetero) is 1. The van der Waals surface area contributed by atoms with E-state index in [-0.39, 0.29) is 36.4 Å². The van der Waals surface area contributed by atoms with Crippen molar-refractivity contribution in [3.8, 4) is 5.75 Å². The van der Waals surface area contributed by atoms with Crippen molar-refractivity contribution in [2.24, 2.45) is 5.92 Å². The molecule has 2 amide bonds. The fraction of sp³-hybridized carbons (Fsp3) is 0.556. The molecule has 1 fully saturated rings. The molecule has 0 saturated carbocycles. The third kappa shape index (κ3) is 5.69. The van der Waals surface area contributed by atoms with E-state index in [4.69, 9.17) is 13.9 Å². The Morgan fingerprint density at radius 2 is 1.95 bits per heavy atom. The molecule has 0 aliphatic carbocycles. The van der Waals surface area contributed by atoms with Crippen LogP contribution in [0.4, 0.5) is 5.69 Å². The Kier molecular flexibility index (Phi) is 8.54. The van der Waals surface area contributed by atoms with Crippen LogP contribution < -0.4 is 9.64 Å². The van der Waals surface area contributed by atoms with E-state index in [2.05, 4.69) is 40.4 Å². The number of likely N-dealkylation sites (N-methyl/N-ethyl adjacent to an activating group) is 1. The Balaban J connectivity index is 1.88. The lowest BCUT2D eigenvalue weighted by Gasteiger charge is -2.52. The molecule has 38 heavy (non-hydrogen) atoms. The quantitative estimate of drug-likeness (QED) is 0.156. The van der Waals surface area contributed by atoms with Crippen molar-refractivity contribution in [2.75, 3.05) is 25.2 Å². The van der Waals surface area contributed by atoms with Crippen molar-refractivity contribution in [2.45, 2.75) is 70.6 Å². The van der Waals surface area contributed by atoms with Crippen LogP contribution in [0.1, 0.15) is 44.5 Å². The van der Waals surface area contributed by atoms with Gasteiger partial charge in [-0.25, -0.2) is 4.79 Å². The predicted molar refractivity (Wildman–Crippen MR) is 143 cm³/mol. The molecule has 208 valence electrons. The summed E-state index contributed by atoms with van der Waals surface area (Å²) in [4.78, 5) is 53.5. The van der Waals surface area contributed by atoms with Gasteiger partial charge in [0.2, 0.25) is 12.1 Å². The van der Waals surface area contributed by atoms with Gasteiger partial charge >= 0.3 is 5.97 Å². The SMILES string of the molecule is C=CCOC(=O)C(O)N1C(=O)[C@H]([C@@H](C)O[Si](C)(C)C(C)(C)C)[C@H]1CC(=O)c1ccc2c(c1)N(C)C(=O)CO2. The smallest absolute Gasteiger partial charge is 0.356 e. The molecule has 4 atom stereocenters. The molecule has 1 aromatic rings. The van der Waals surface area contributed by atoms with E-state index in [9.17, 15) is 24.3 Å². The first-order valence-corrected chi connectivity index (χ1v) is 15.5. The number of aliphatic hydroxyl groups excluding tert-OH is 1. The summed E-state index contributed by atoms with van der Waals surface area (Å²) in [5.74, 6) is -2.30. The van der Waals surface area contributed by atoms with Gasteiger partial charge in [0.15, 0.2) is 20.7 Å². The summed E-state index contributed by atoms with van der Waals surface area (Å²) < 4.78 is 16.8. The molecule has 3 rings (SSSR count). The van der Waals surface area contributed by atoms with Gasteiger partial charge in [-0.15, -0.1) is 0 Å². The first-order chi connectivity index (χ1) is 17.6. The molecule has 11 heteroatoms. The number of likely N-dealkylation sites (tertiary alicyclic amines) is 1. The maximum atomic E-state index is 13.4. The lowest BCUT2D eigenvalue weighted by atomic mass is 9.79. The summed E-state index contributed by atoms with van der Waals surface area (Å²) in [6, 6.07) is 3.98. The van der Waals surface area contributed by atoms with Gasteiger partial charge < -0.3 is 28.8 Å². The van der Waals surface area contributed by atoms with Crippen LogP contribution in [-0.4, -0.2) is 80.5 Å². The molecule has 1 saturated heterocycles. The van der Waals surface area contributed by atoms with Crippen LogP contribution in [0, 0.1) is 5.92 Å². The van der Waals surface area contributed by atoms with E-state index in [0.717, 1.165) is 4.90 Å². The summed E-state index contributed by atoms with van der Waals surface area (Å²) in [7, 11) is -0.665. The lowest BCUT2D eigenvalue weighted by molar-refractivity contribution is -0.195. The van der Waals surface area contributed by atoms with Crippen molar-refractivity contribution in [3.63, 3.8) is 0 Å². The first-order valence-electron chi connectivity index (χ1n) is 12.6. The first kappa shape index (κ1) is 29.5. The average molecular weight is 547 g/mol. The lowest BCUT2D eigenvalue weighted by Crippen LogP contribution is -2.70. The molecular formula is C27H38N2O8Si. The zero-order valence-corrected chi connectivity index (χ0v) is 24.1. The van der Waals surface area contributed by atoms with Crippen molar-refractivity contribution < 1.29 is 38.2 Å². The molecule has 10 nitrogen and oxygen atoms in total. The minimum atomic E-state index is -2.27. The molecule has 1 aromatic carbocycles. The van der Waals surface area contributed by atoms with Crippen molar-refractivity contribution >= 4 is 37.6 Å². The summed E-state index contributed by atoms with van der Waals surface area (Å²) in [6.45, 7) is 15.5. The topological polar surface area (TPSA) is 123 Å². The third-order valence-corrected chi connectivity index (χ3v) is 12.3. The Morgan fingerprint density at radius 1 is 1.29 bits per heavy atom. The summed E-state index contributed by atoms with van der Waals surface area (Å²) in [6.07, 6.45) is -1.22. The van der Waals surface area contributed by atoms with Gasteiger partial charge in [0.05, 0.1) is 23.8 Å². The number of ketones is 1. The fourth-order valence-corrected chi connectivity index (χ4v) is 5.86. The number of ether oxygens (including phenoxy) is 2. The number of rotatable bonds is 10. The Hall–Kier alpha value is -3.02. The highest BCUT2D eigenvalue weighted by atomic mass is 28.4. The van der Waals surface area contributed by atoms with Gasteiger partial charge in [0.1, 0.15) is 12.4 Å². The monoisotopic (exact) mass is 546 g/mol. The van der Waals surface area contributed by atoms with E-state index < -0.39 is 44.5 Å². The number of aliphatic hydroxyl groups is 1. The van der Waals surface area contributed by atoms with Crippen LogP contribution in [0.25, 0.3) is 0 Å². The van der Waals surface area contributed by atoms with E-state index >= 15 is 0 Å². The van der Waals surface area contributed by atoms with Crippen LogP contribution in [0.2, 0.25) is 18.1 Å². The standard InChI is InChI=1S/C27H38N2O8Si/c1-9-12-35-26(34)25(33)29-19(23(24(29)32)16(2)37-38(7,8)27(3,4)5)14-20(30)17-10-11-21-18(13-17)28(6)22(31)15-36-21/h9-11,13,16,19,23,25,33H,1,12,14-15H2,2-8H3/t16-,19-,23-,25?/m1/s1. The highest BCUT2D eigenvalue weighted by molar-refractivity contribution is 6.74. The van der Waals surface area contributed by atoms with Crippen molar-refractivity contribution in [1.29, 1.82) is 0 Å². The Morgan fingerprint density at radius 3 is 2.55 bits per heavy atom. The average Bonchev–Trinajstić information content (AvgIpc) is 2.83. The number of β-lactam (4-membered cyclic amide) rings is 1. The van der Waals surface area contributed by atoms with Gasteiger partial charge in [-0.05, 0) is 43.3 Å². The maximum Gasteiger partial charge on any atom is 0.356 e. The number of nitrogens with zero attached hydrogens (tertiary/aromatic N) is 2. The number of anilines is 1. The van der Waals surface area contributed by atoms with Gasteiger partial charge in [-0.1, -0.05) is 33.4 Å². The number of carbonyl (C=O) groups is 4. The molecule has 0 bridgehead atoms. The second-order valence-electron chi connectivity index (χ2n) is 11.3. The van der Waals surface area contributed by atoms with E-state index in [1.54, 1.807) is 32.2 Å².